The van der Waals surface area contributed by atoms with Crippen LogP contribution >= 0.6 is 0 Å². The van der Waals surface area contributed by atoms with Crippen molar-refractivity contribution in [3.8, 4) is 11.5 Å². The molecule has 1 amide bonds. The van der Waals surface area contributed by atoms with Crippen LogP contribution in [-0.2, 0) is 9.53 Å². The van der Waals surface area contributed by atoms with Gasteiger partial charge >= 0.3 is 5.97 Å². The van der Waals surface area contributed by atoms with Gasteiger partial charge in [-0.15, -0.1) is 0 Å². The minimum absolute atomic E-state index is 0.0355. The van der Waals surface area contributed by atoms with Crippen molar-refractivity contribution >= 4 is 17.6 Å². The quantitative estimate of drug-likeness (QED) is 0.799. The lowest BCUT2D eigenvalue weighted by Gasteiger charge is -2.14. The number of hydrogen-bond acceptors (Lipinski definition) is 7. The summed E-state index contributed by atoms with van der Waals surface area (Å²) >= 11 is 0. The van der Waals surface area contributed by atoms with Crippen molar-refractivity contribution in [2.24, 2.45) is 0 Å². The third-order valence-corrected chi connectivity index (χ3v) is 3.26. The Labute approximate surface area is 145 Å². The van der Waals surface area contributed by atoms with Gasteiger partial charge in [-0.25, -0.2) is 9.78 Å². The summed E-state index contributed by atoms with van der Waals surface area (Å²) in [6.07, 6.45) is 1.73. The van der Waals surface area contributed by atoms with Crippen LogP contribution in [0.15, 0.2) is 30.6 Å². The number of amides is 1. The number of carbonyl (C=O) groups is 2. The first-order chi connectivity index (χ1) is 11.9. The zero-order valence-electron chi connectivity index (χ0n) is 14.4. The average molecular weight is 345 g/mol. The lowest BCUT2D eigenvalue weighted by Crippen LogP contribution is -2.30. The average Bonchev–Trinajstić information content (AvgIpc) is 2.61. The van der Waals surface area contributed by atoms with Crippen LogP contribution in [0, 0.1) is 6.92 Å². The molecule has 0 fully saturated rings. The Morgan fingerprint density at radius 2 is 1.68 bits per heavy atom. The molecule has 8 heteroatoms. The van der Waals surface area contributed by atoms with E-state index >= 15 is 0 Å². The summed E-state index contributed by atoms with van der Waals surface area (Å²) in [5, 5.41) is 2.64. The number of aromatic nitrogens is 2. The van der Waals surface area contributed by atoms with Gasteiger partial charge in [-0.3, -0.25) is 9.78 Å². The monoisotopic (exact) mass is 345 g/mol. The fourth-order valence-corrected chi connectivity index (χ4v) is 1.90. The van der Waals surface area contributed by atoms with Crippen LogP contribution in [-0.4, -0.2) is 42.2 Å². The van der Waals surface area contributed by atoms with Crippen LogP contribution in [0.1, 0.15) is 23.1 Å². The second kappa shape index (κ2) is 8.09. The Morgan fingerprint density at radius 3 is 2.20 bits per heavy atom. The summed E-state index contributed by atoms with van der Waals surface area (Å²) in [5.74, 6) is -0.175. The highest BCUT2D eigenvalue weighted by Crippen LogP contribution is 2.25. The van der Waals surface area contributed by atoms with Crippen molar-refractivity contribution in [3.63, 3.8) is 0 Å². The molecule has 0 spiro atoms. The van der Waals surface area contributed by atoms with E-state index in [0.29, 0.717) is 22.9 Å². The molecular formula is C17H19N3O5. The molecule has 1 heterocycles. The van der Waals surface area contributed by atoms with Gasteiger partial charge in [0.15, 0.2) is 11.8 Å². The summed E-state index contributed by atoms with van der Waals surface area (Å²) in [6, 6.07) is 4.93. The van der Waals surface area contributed by atoms with Crippen LogP contribution < -0.4 is 14.8 Å². The highest BCUT2D eigenvalue weighted by atomic mass is 16.5. The molecule has 0 aliphatic carbocycles. The van der Waals surface area contributed by atoms with Crippen LogP contribution in [0.4, 0.5) is 5.69 Å². The highest BCUT2D eigenvalue weighted by Gasteiger charge is 2.20. The molecule has 0 bridgehead atoms. The predicted molar refractivity (Wildman–Crippen MR) is 89.8 cm³/mol. The van der Waals surface area contributed by atoms with E-state index in [1.807, 2.05) is 0 Å². The molecule has 1 aromatic carbocycles. The Hall–Kier alpha value is -3.16. The second-order valence-electron chi connectivity index (χ2n) is 5.18. The molecule has 2 rings (SSSR count). The number of esters is 1. The summed E-state index contributed by atoms with van der Waals surface area (Å²) in [5.41, 5.74) is 1.17. The maximum Gasteiger partial charge on any atom is 0.359 e. The van der Waals surface area contributed by atoms with Gasteiger partial charge in [-0.05, 0) is 13.8 Å². The standard InChI is InChI=1S/C17H19N3O5/c1-10-8-19-15(9-18-10)17(22)25-11(2)16(21)20-12-5-13(23-3)7-14(6-12)24-4/h5-9,11H,1-4H3,(H,20,21)/t11-/m1/s1. The van der Waals surface area contributed by atoms with Crippen molar-refractivity contribution in [3.05, 3.63) is 42.0 Å². The number of aryl methyl sites for hydroxylation is 1. The van der Waals surface area contributed by atoms with Crippen LogP contribution in [0.3, 0.4) is 0 Å². The molecule has 0 aliphatic heterocycles. The van der Waals surface area contributed by atoms with Crippen molar-refractivity contribution in [2.45, 2.75) is 20.0 Å². The fraction of sp³-hybridized carbons (Fsp3) is 0.294. The number of benzene rings is 1. The lowest BCUT2D eigenvalue weighted by atomic mass is 10.2. The minimum atomic E-state index is -1.02. The first-order valence-corrected chi connectivity index (χ1v) is 7.46. The molecule has 1 atom stereocenters. The zero-order chi connectivity index (χ0) is 18.4. The largest absolute Gasteiger partial charge is 0.497 e. The Morgan fingerprint density at radius 1 is 1.04 bits per heavy atom. The molecule has 0 saturated heterocycles. The highest BCUT2D eigenvalue weighted by molar-refractivity contribution is 5.97. The number of methoxy groups -OCH3 is 2. The second-order valence-corrected chi connectivity index (χ2v) is 5.18. The molecule has 2 aromatic rings. The Bertz CT molecular complexity index is 739. The summed E-state index contributed by atoms with van der Waals surface area (Å²) in [6.45, 7) is 3.22. The lowest BCUT2D eigenvalue weighted by molar-refractivity contribution is -0.123. The van der Waals surface area contributed by atoms with Gasteiger partial charge in [-0.2, -0.15) is 0 Å². The Balaban J connectivity index is 2.02. The van der Waals surface area contributed by atoms with E-state index in [1.165, 1.54) is 33.5 Å². The van der Waals surface area contributed by atoms with Gasteiger partial charge < -0.3 is 19.5 Å². The van der Waals surface area contributed by atoms with Crippen molar-refractivity contribution < 1.29 is 23.8 Å². The molecule has 0 radical (unpaired) electrons. The predicted octanol–water partition coefficient (Wildman–Crippen LogP) is 1.99. The number of carbonyl (C=O) groups excluding carboxylic acids is 2. The van der Waals surface area contributed by atoms with E-state index in [0.717, 1.165) is 0 Å². The first-order valence-electron chi connectivity index (χ1n) is 7.46. The molecule has 0 aliphatic rings. The van der Waals surface area contributed by atoms with E-state index in [4.69, 9.17) is 14.2 Å². The van der Waals surface area contributed by atoms with E-state index in [-0.39, 0.29) is 5.69 Å². The number of anilines is 1. The van der Waals surface area contributed by atoms with E-state index < -0.39 is 18.0 Å². The number of nitrogens with one attached hydrogen (secondary N) is 1. The van der Waals surface area contributed by atoms with Crippen LogP contribution in [0.5, 0.6) is 11.5 Å². The molecular weight excluding hydrogens is 326 g/mol. The number of ether oxygens (including phenoxy) is 3. The van der Waals surface area contributed by atoms with Gasteiger partial charge in [0.1, 0.15) is 11.5 Å². The molecule has 0 unspecified atom stereocenters. The van der Waals surface area contributed by atoms with Crippen molar-refractivity contribution in [1.29, 1.82) is 0 Å². The third-order valence-electron chi connectivity index (χ3n) is 3.26. The topological polar surface area (TPSA) is 99.6 Å². The van der Waals surface area contributed by atoms with E-state index in [9.17, 15) is 9.59 Å². The van der Waals surface area contributed by atoms with E-state index in [1.54, 1.807) is 25.1 Å². The fourth-order valence-electron chi connectivity index (χ4n) is 1.90. The molecule has 1 N–H and O–H groups in total. The molecule has 25 heavy (non-hydrogen) atoms. The summed E-state index contributed by atoms with van der Waals surface area (Å²) in [4.78, 5) is 32.1. The number of nitrogens with zero attached hydrogens (tertiary/aromatic N) is 2. The van der Waals surface area contributed by atoms with Gasteiger partial charge in [0, 0.05) is 30.1 Å². The van der Waals surface area contributed by atoms with Gasteiger partial charge in [0.2, 0.25) is 0 Å². The van der Waals surface area contributed by atoms with Crippen LogP contribution in [0.2, 0.25) is 0 Å². The minimum Gasteiger partial charge on any atom is -0.497 e. The van der Waals surface area contributed by atoms with E-state index in [2.05, 4.69) is 15.3 Å². The normalized spacial score (nSPS) is 11.4. The first kappa shape index (κ1) is 18.2. The molecule has 8 nitrogen and oxygen atoms in total. The maximum atomic E-state index is 12.2. The van der Waals surface area contributed by atoms with Crippen molar-refractivity contribution in [1.82, 2.24) is 9.97 Å². The van der Waals surface area contributed by atoms with Gasteiger partial charge in [0.25, 0.3) is 5.91 Å². The van der Waals surface area contributed by atoms with Gasteiger partial charge in [-0.1, -0.05) is 0 Å². The smallest absolute Gasteiger partial charge is 0.359 e. The SMILES string of the molecule is COc1cc(NC(=O)[C@@H](C)OC(=O)c2cnc(C)cn2)cc(OC)c1. The summed E-state index contributed by atoms with van der Waals surface area (Å²) in [7, 11) is 3.01. The summed E-state index contributed by atoms with van der Waals surface area (Å²) < 4.78 is 15.4. The maximum absolute atomic E-state index is 12.2. The van der Waals surface area contributed by atoms with Crippen LogP contribution in [0.25, 0.3) is 0 Å². The van der Waals surface area contributed by atoms with Crippen molar-refractivity contribution in [2.75, 3.05) is 19.5 Å². The zero-order valence-corrected chi connectivity index (χ0v) is 14.4. The third kappa shape index (κ3) is 4.90. The van der Waals surface area contributed by atoms with Gasteiger partial charge in [0.05, 0.1) is 26.1 Å². The molecule has 0 saturated carbocycles. The number of hydrogen-bond donors (Lipinski definition) is 1. The molecule has 1 aromatic heterocycles. The number of rotatable bonds is 6. The Kier molecular flexibility index (Phi) is 5.89. The molecule has 132 valence electrons.